The highest BCUT2D eigenvalue weighted by atomic mass is 16.5. The molecule has 0 aliphatic heterocycles. The summed E-state index contributed by atoms with van der Waals surface area (Å²) < 4.78 is 22.4. The Bertz CT molecular complexity index is 1020. The van der Waals surface area contributed by atoms with Gasteiger partial charge in [0.05, 0.1) is 34.0 Å². The second-order valence-electron chi connectivity index (χ2n) is 6.98. The summed E-state index contributed by atoms with van der Waals surface area (Å²) in [5.41, 5.74) is 3.14. The summed E-state index contributed by atoms with van der Waals surface area (Å²) >= 11 is 0. The van der Waals surface area contributed by atoms with E-state index in [9.17, 15) is 9.59 Å². The summed E-state index contributed by atoms with van der Waals surface area (Å²) in [4.78, 5) is 24.5. The van der Waals surface area contributed by atoms with E-state index in [1.165, 1.54) is 13.0 Å². The van der Waals surface area contributed by atoms with Crippen molar-refractivity contribution in [3.8, 4) is 34.1 Å². The number of aryl methyl sites for hydroxylation is 1. The van der Waals surface area contributed by atoms with Gasteiger partial charge in [0.25, 0.3) is 0 Å². The third kappa shape index (κ3) is 3.92. The molecule has 1 aliphatic carbocycles. The number of amides is 1. The van der Waals surface area contributed by atoms with E-state index >= 15 is 0 Å². The number of benzene rings is 1. The maximum atomic E-state index is 12.6. The normalized spacial score (nSPS) is 14.6. The lowest BCUT2D eigenvalue weighted by atomic mass is 9.95. The van der Waals surface area contributed by atoms with Crippen LogP contribution in [-0.4, -0.2) is 33.8 Å². The Morgan fingerprint density at radius 2 is 1.80 bits per heavy atom. The van der Waals surface area contributed by atoms with Gasteiger partial charge in [0.15, 0.2) is 17.2 Å². The molecule has 0 aromatic heterocycles. The lowest BCUT2D eigenvalue weighted by Gasteiger charge is -2.20. The summed E-state index contributed by atoms with van der Waals surface area (Å²) in [6.45, 7) is 3.67. The number of fused-ring (bicyclic) bond motifs is 3. The molecule has 7 nitrogen and oxygen atoms in total. The summed E-state index contributed by atoms with van der Waals surface area (Å²) in [6, 6.07) is 6.60. The molecule has 1 N–H and O–H groups in total. The minimum absolute atomic E-state index is 0.147. The van der Waals surface area contributed by atoms with Crippen molar-refractivity contribution >= 4 is 5.91 Å². The van der Waals surface area contributed by atoms with Crippen LogP contribution in [0.25, 0.3) is 11.1 Å². The minimum atomic E-state index is -0.294. The summed E-state index contributed by atoms with van der Waals surface area (Å²) in [5, 5.41) is 3.01. The standard InChI is InChI=1S/C23H27NO6/c1-6-30-19-12-16-15(8-10-18(19)26)21-14(7-9-17(16)24-13(2)25)11-20(27-3)22(28-4)23(21)29-5/h8,10-12,17H,6-7,9H2,1-5H3,(H,24,25)/t17-/m0/s1. The van der Waals surface area contributed by atoms with E-state index in [1.54, 1.807) is 33.5 Å². The molecule has 0 saturated heterocycles. The topological polar surface area (TPSA) is 83.1 Å². The molecule has 30 heavy (non-hydrogen) atoms. The quantitative estimate of drug-likeness (QED) is 0.783. The van der Waals surface area contributed by atoms with Gasteiger partial charge in [-0.15, -0.1) is 0 Å². The fraction of sp³-hybridized carbons (Fsp3) is 0.391. The van der Waals surface area contributed by atoms with Gasteiger partial charge < -0.3 is 24.3 Å². The van der Waals surface area contributed by atoms with Crippen LogP contribution in [0.5, 0.6) is 23.0 Å². The first kappa shape index (κ1) is 21.5. The first-order chi connectivity index (χ1) is 14.4. The molecule has 0 heterocycles. The molecule has 0 unspecified atom stereocenters. The van der Waals surface area contributed by atoms with Gasteiger partial charge in [-0.05, 0) is 60.7 Å². The zero-order valence-electron chi connectivity index (χ0n) is 18.0. The Hall–Kier alpha value is -3.22. The van der Waals surface area contributed by atoms with Crippen molar-refractivity contribution in [3.05, 3.63) is 45.6 Å². The van der Waals surface area contributed by atoms with E-state index in [0.29, 0.717) is 36.7 Å². The largest absolute Gasteiger partial charge is 0.493 e. The van der Waals surface area contributed by atoms with Crippen LogP contribution in [0.15, 0.2) is 29.1 Å². The Labute approximate surface area is 175 Å². The average molecular weight is 413 g/mol. The van der Waals surface area contributed by atoms with E-state index in [1.807, 2.05) is 13.0 Å². The van der Waals surface area contributed by atoms with Gasteiger partial charge in [-0.1, -0.05) is 0 Å². The van der Waals surface area contributed by atoms with Crippen LogP contribution in [0.4, 0.5) is 0 Å². The number of carbonyl (C=O) groups is 1. The second kappa shape index (κ2) is 9.07. The number of rotatable bonds is 6. The molecule has 7 heteroatoms. The molecule has 3 rings (SSSR count). The van der Waals surface area contributed by atoms with Gasteiger partial charge in [-0.2, -0.15) is 0 Å². The minimum Gasteiger partial charge on any atom is -0.493 e. The number of hydrogen-bond acceptors (Lipinski definition) is 6. The van der Waals surface area contributed by atoms with Crippen molar-refractivity contribution in [3.63, 3.8) is 0 Å². The lowest BCUT2D eigenvalue weighted by Crippen LogP contribution is -2.26. The van der Waals surface area contributed by atoms with Gasteiger partial charge in [0.1, 0.15) is 0 Å². The van der Waals surface area contributed by atoms with Gasteiger partial charge in [-0.3, -0.25) is 9.59 Å². The second-order valence-corrected chi connectivity index (χ2v) is 6.98. The first-order valence-electron chi connectivity index (χ1n) is 9.85. The number of nitrogens with one attached hydrogen (secondary N) is 1. The van der Waals surface area contributed by atoms with E-state index in [0.717, 1.165) is 22.3 Å². The maximum Gasteiger partial charge on any atom is 0.220 e. The van der Waals surface area contributed by atoms with Crippen molar-refractivity contribution in [2.24, 2.45) is 0 Å². The molecule has 1 aliphatic rings. The summed E-state index contributed by atoms with van der Waals surface area (Å²) in [7, 11) is 4.70. The van der Waals surface area contributed by atoms with Gasteiger partial charge in [0.2, 0.25) is 17.1 Å². The lowest BCUT2D eigenvalue weighted by molar-refractivity contribution is -0.119. The molecule has 2 aromatic carbocycles. The summed E-state index contributed by atoms with van der Waals surface area (Å²) in [6.07, 6.45) is 1.31. The molecule has 160 valence electrons. The molecule has 0 fully saturated rings. The van der Waals surface area contributed by atoms with E-state index in [2.05, 4.69) is 5.32 Å². The molecular formula is C23H27NO6. The Kier molecular flexibility index (Phi) is 6.50. The van der Waals surface area contributed by atoms with Crippen LogP contribution in [0.3, 0.4) is 0 Å². The molecule has 0 bridgehead atoms. The van der Waals surface area contributed by atoms with Crippen LogP contribution >= 0.6 is 0 Å². The van der Waals surface area contributed by atoms with Crippen LogP contribution in [-0.2, 0) is 11.2 Å². The molecule has 0 spiro atoms. The first-order valence-corrected chi connectivity index (χ1v) is 9.85. The van der Waals surface area contributed by atoms with Crippen molar-refractivity contribution in [2.45, 2.75) is 32.7 Å². The molecular weight excluding hydrogens is 386 g/mol. The molecule has 1 amide bonds. The highest BCUT2D eigenvalue weighted by molar-refractivity contribution is 5.83. The van der Waals surface area contributed by atoms with Crippen molar-refractivity contribution in [2.75, 3.05) is 27.9 Å². The van der Waals surface area contributed by atoms with Crippen LogP contribution in [0, 0.1) is 0 Å². The monoisotopic (exact) mass is 413 g/mol. The number of carbonyl (C=O) groups excluding carboxylic acids is 1. The maximum absolute atomic E-state index is 12.6. The van der Waals surface area contributed by atoms with Crippen molar-refractivity contribution in [1.82, 2.24) is 5.32 Å². The highest BCUT2D eigenvalue weighted by Crippen LogP contribution is 2.50. The molecule has 0 saturated carbocycles. The van der Waals surface area contributed by atoms with Crippen LogP contribution in [0.1, 0.15) is 37.4 Å². The van der Waals surface area contributed by atoms with E-state index < -0.39 is 0 Å². The molecule has 2 aromatic rings. The van der Waals surface area contributed by atoms with Crippen molar-refractivity contribution < 1.29 is 23.7 Å². The van der Waals surface area contributed by atoms with Gasteiger partial charge >= 0.3 is 0 Å². The smallest absolute Gasteiger partial charge is 0.220 e. The van der Waals surface area contributed by atoms with E-state index in [4.69, 9.17) is 18.9 Å². The highest BCUT2D eigenvalue weighted by Gasteiger charge is 2.29. The zero-order chi connectivity index (χ0) is 21.8. The van der Waals surface area contributed by atoms with Crippen LogP contribution in [0.2, 0.25) is 0 Å². The Morgan fingerprint density at radius 3 is 2.40 bits per heavy atom. The fourth-order valence-electron chi connectivity index (χ4n) is 3.96. The predicted molar refractivity (Wildman–Crippen MR) is 114 cm³/mol. The number of hydrogen-bond donors (Lipinski definition) is 1. The zero-order valence-corrected chi connectivity index (χ0v) is 18.0. The third-order valence-corrected chi connectivity index (χ3v) is 5.18. The van der Waals surface area contributed by atoms with Gasteiger partial charge in [0, 0.05) is 12.5 Å². The Balaban J connectivity index is 2.40. The third-order valence-electron chi connectivity index (χ3n) is 5.18. The molecule has 0 radical (unpaired) electrons. The predicted octanol–water partition coefficient (Wildman–Crippen LogP) is 3.26. The number of ether oxygens (including phenoxy) is 4. The SMILES string of the molecule is CCOc1cc2c(ccc1=O)-c1c(cc(OC)c(OC)c1OC)CC[C@@H]2NC(C)=O. The average Bonchev–Trinajstić information content (AvgIpc) is 2.97. The van der Waals surface area contributed by atoms with Crippen LogP contribution < -0.4 is 29.7 Å². The molecule has 1 atom stereocenters. The Morgan fingerprint density at radius 1 is 1.07 bits per heavy atom. The fourth-order valence-corrected chi connectivity index (χ4v) is 3.96. The summed E-state index contributed by atoms with van der Waals surface area (Å²) in [5.74, 6) is 1.66. The number of methoxy groups -OCH3 is 3. The van der Waals surface area contributed by atoms with Crippen molar-refractivity contribution in [1.29, 1.82) is 0 Å². The van der Waals surface area contributed by atoms with E-state index in [-0.39, 0.29) is 23.1 Å². The van der Waals surface area contributed by atoms with Gasteiger partial charge in [-0.25, -0.2) is 0 Å².